The Hall–Kier alpha value is -2.58. The van der Waals surface area contributed by atoms with Gasteiger partial charge in [0.05, 0.1) is 18.5 Å². The number of hydrogen-bond acceptors (Lipinski definition) is 5. The minimum Gasteiger partial charge on any atom is -0.476 e. The van der Waals surface area contributed by atoms with E-state index in [-0.39, 0.29) is 17.9 Å². The molecule has 2 heterocycles. The molecular formula is C25H33N3O4S. The van der Waals surface area contributed by atoms with Crippen LogP contribution in [0.5, 0.6) is 5.75 Å². The Kier molecular flexibility index (Phi) is 6.42. The first-order valence-corrected chi connectivity index (χ1v) is 13.2. The Morgan fingerprint density at radius 2 is 1.70 bits per heavy atom. The number of ether oxygens (including phenoxy) is 1. The van der Waals surface area contributed by atoms with Crippen molar-refractivity contribution in [3.63, 3.8) is 0 Å². The molecule has 0 spiro atoms. The fraction of sp³-hybridized carbons (Fsp3) is 0.480. The number of fused-ring (bicyclic) bond motifs is 1. The second-order valence-electron chi connectivity index (χ2n) is 9.92. The van der Waals surface area contributed by atoms with Crippen molar-refractivity contribution in [2.24, 2.45) is 0 Å². The van der Waals surface area contributed by atoms with Crippen molar-refractivity contribution in [2.75, 3.05) is 43.3 Å². The zero-order valence-electron chi connectivity index (χ0n) is 19.8. The molecule has 178 valence electrons. The normalized spacial score (nSPS) is 19.7. The standard InChI is InChI=1S/C25H33N3O4S/c1-25(2,3)20-10-11-22-21(16-20)28(33(4,30)31)18-23(32-22)24(29)27-14-12-26(13-15-27)17-19-8-6-5-7-9-19/h5-11,16,23H,12-15,17-18H2,1-4H3. The smallest absolute Gasteiger partial charge is 0.265 e. The van der Waals surface area contributed by atoms with E-state index in [2.05, 4.69) is 37.8 Å². The summed E-state index contributed by atoms with van der Waals surface area (Å²) in [5.41, 5.74) is 2.63. The third kappa shape index (κ3) is 5.33. The number of carbonyl (C=O) groups is 1. The van der Waals surface area contributed by atoms with Gasteiger partial charge in [-0.15, -0.1) is 0 Å². The molecule has 1 atom stereocenters. The molecule has 33 heavy (non-hydrogen) atoms. The molecule has 2 aliphatic rings. The summed E-state index contributed by atoms with van der Waals surface area (Å²) in [7, 11) is -3.57. The Morgan fingerprint density at radius 3 is 2.30 bits per heavy atom. The molecule has 1 fully saturated rings. The van der Waals surface area contributed by atoms with Crippen molar-refractivity contribution in [1.82, 2.24) is 9.80 Å². The Balaban J connectivity index is 1.47. The van der Waals surface area contributed by atoms with Crippen LogP contribution in [0.2, 0.25) is 0 Å². The fourth-order valence-electron chi connectivity index (χ4n) is 4.33. The highest BCUT2D eigenvalue weighted by molar-refractivity contribution is 7.92. The van der Waals surface area contributed by atoms with Crippen LogP contribution in [0, 0.1) is 0 Å². The predicted octanol–water partition coefficient (Wildman–Crippen LogP) is 2.86. The molecule has 7 nitrogen and oxygen atoms in total. The van der Waals surface area contributed by atoms with Crippen LogP contribution in [-0.2, 0) is 26.8 Å². The summed E-state index contributed by atoms with van der Waals surface area (Å²) in [5, 5.41) is 0. The van der Waals surface area contributed by atoms with Crippen LogP contribution in [0.1, 0.15) is 31.9 Å². The van der Waals surface area contributed by atoms with E-state index >= 15 is 0 Å². The van der Waals surface area contributed by atoms with E-state index < -0.39 is 16.1 Å². The first kappa shape index (κ1) is 23.6. The van der Waals surface area contributed by atoms with Gasteiger partial charge in [-0.3, -0.25) is 14.0 Å². The molecule has 0 aliphatic carbocycles. The summed E-state index contributed by atoms with van der Waals surface area (Å²) in [5.74, 6) is 0.272. The second kappa shape index (κ2) is 8.99. The fourth-order valence-corrected chi connectivity index (χ4v) is 5.24. The zero-order valence-corrected chi connectivity index (χ0v) is 20.6. The summed E-state index contributed by atoms with van der Waals surface area (Å²) in [6.07, 6.45) is 0.323. The number of amides is 1. The highest BCUT2D eigenvalue weighted by Crippen LogP contribution is 2.38. The first-order chi connectivity index (χ1) is 15.5. The summed E-state index contributed by atoms with van der Waals surface area (Å²) in [6.45, 7) is 9.81. The van der Waals surface area contributed by atoms with E-state index in [1.807, 2.05) is 30.3 Å². The molecular weight excluding hydrogens is 438 g/mol. The number of anilines is 1. The molecule has 0 aromatic heterocycles. The molecule has 0 bridgehead atoms. The van der Waals surface area contributed by atoms with Gasteiger partial charge in [-0.05, 0) is 28.7 Å². The van der Waals surface area contributed by atoms with Crippen LogP contribution in [0.3, 0.4) is 0 Å². The van der Waals surface area contributed by atoms with E-state index in [1.54, 1.807) is 11.0 Å². The van der Waals surface area contributed by atoms with Gasteiger partial charge in [0, 0.05) is 32.7 Å². The molecule has 0 N–H and O–H groups in total. The van der Waals surface area contributed by atoms with E-state index in [0.29, 0.717) is 24.5 Å². The average Bonchev–Trinajstić information content (AvgIpc) is 2.77. The van der Waals surface area contributed by atoms with Gasteiger partial charge in [0.2, 0.25) is 10.0 Å². The van der Waals surface area contributed by atoms with Crippen LogP contribution < -0.4 is 9.04 Å². The van der Waals surface area contributed by atoms with Crippen LogP contribution in [0.25, 0.3) is 0 Å². The maximum Gasteiger partial charge on any atom is 0.265 e. The summed E-state index contributed by atoms with van der Waals surface area (Å²) in [4.78, 5) is 17.4. The van der Waals surface area contributed by atoms with Crippen LogP contribution >= 0.6 is 0 Å². The van der Waals surface area contributed by atoms with Crippen LogP contribution in [-0.4, -0.2) is 69.2 Å². The van der Waals surface area contributed by atoms with Crippen molar-refractivity contribution >= 4 is 21.6 Å². The van der Waals surface area contributed by atoms with Crippen molar-refractivity contribution in [3.05, 3.63) is 59.7 Å². The quantitative estimate of drug-likeness (QED) is 0.686. The third-order valence-electron chi connectivity index (χ3n) is 6.30. The predicted molar refractivity (Wildman–Crippen MR) is 130 cm³/mol. The van der Waals surface area contributed by atoms with Crippen molar-refractivity contribution in [1.29, 1.82) is 0 Å². The summed E-state index contributed by atoms with van der Waals surface area (Å²) in [6, 6.07) is 15.9. The lowest BCUT2D eigenvalue weighted by atomic mass is 9.86. The molecule has 1 saturated heterocycles. The highest BCUT2D eigenvalue weighted by Gasteiger charge is 2.38. The van der Waals surface area contributed by atoms with Gasteiger partial charge >= 0.3 is 0 Å². The molecule has 4 rings (SSSR count). The maximum atomic E-state index is 13.3. The van der Waals surface area contributed by atoms with Gasteiger partial charge < -0.3 is 9.64 Å². The number of benzene rings is 2. The molecule has 0 saturated carbocycles. The summed E-state index contributed by atoms with van der Waals surface area (Å²) >= 11 is 0. The largest absolute Gasteiger partial charge is 0.476 e. The van der Waals surface area contributed by atoms with Crippen LogP contribution in [0.4, 0.5) is 5.69 Å². The highest BCUT2D eigenvalue weighted by atomic mass is 32.2. The monoisotopic (exact) mass is 471 g/mol. The Morgan fingerprint density at radius 1 is 1.03 bits per heavy atom. The van der Waals surface area contributed by atoms with Gasteiger partial charge in [-0.25, -0.2) is 8.42 Å². The zero-order chi connectivity index (χ0) is 23.8. The molecule has 1 amide bonds. The van der Waals surface area contributed by atoms with Gasteiger partial charge in [0.15, 0.2) is 6.10 Å². The van der Waals surface area contributed by atoms with E-state index in [1.165, 1.54) is 16.1 Å². The number of piperazine rings is 1. The van der Waals surface area contributed by atoms with Gasteiger partial charge in [0.25, 0.3) is 5.91 Å². The van der Waals surface area contributed by atoms with Crippen molar-refractivity contribution in [2.45, 2.75) is 38.8 Å². The van der Waals surface area contributed by atoms with Crippen molar-refractivity contribution in [3.8, 4) is 5.75 Å². The van der Waals surface area contributed by atoms with Gasteiger partial charge in [-0.2, -0.15) is 0 Å². The summed E-state index contributed by atoms with van der Waals surface area (Å²) < 4.78 is 32.6. The Bertz CT molecular complexity index is 1100. The van der Waals surface area contributed by atoms with Gasteiger partial charge in [0.1, 0.15) is 5.75 Å². The van der Waals surface area contributed by atoms with Crippen molar-refractivity contribution < 1.29 is 17.9 Å². The SMILES string of the molecule is CC(C)(C)c1ccc2c(c1)N(S(C)(=O)=O)CC(C(=O)N1CCN(Cc3ccccc3)CC1)O2. The second-order valence-corrected chi connectivity index (χ2v) is 11.8. The van der Waals surface area contributed by atoms with Crippen LogP contribution in [0.15, 0.2) is 48.5 Å². The number of carbonyl (C=O) groups excluding carboxylic acids is 1. The molecule has 2 aromatic rings. The molecule has 2 aromatic carbocycles. The maximum absolute atomic E-state index is 13.3. The lowest BCUT2D eigenvalue weighted by molar-refractivity contribution is -0.140. The number of hydrogen-bond donors (Lipinski definition) is 0. The lowest BCUT2D eigenvalue weighted by Gasteiger charge is -2.39. The Labute approximate surface area is 197 Å². The number of sulfonamides is 1. The molecule has 1 unspecified atom stereocenters. The average molecular weight is 472 g/mol. The number of rotatable bonds is 4. The van der Waals surface area contributed by atoms with E-state index in [0.717, 1.165) is 25.2 Å². The molecule has 0 radical (unpaired) electrons. The molecule has 2 aliphatic heterocycles. The van der Waals surface area contributed by atoms with E-state index in [9.17, 15) is 13.2 Å². The third-order valence-corrected chi connectivity index (χ3v) is 7.45. The van der Waals surface area contributed by atoms with Gasteiger partial charge in [-0.1, -0.05) is 57.2 Å². The lowest BCUT2D eigenvalue weighted by Crippen LogP contribution is -2.56. The minimum absolute atomic E-state index is 0.0114. The first-order valence-electron chi connectivity index (χ1n) is 11.4. The van der Waals surface area contributed by atoms with E-state index in [4.69, 9.17) is 4.74 Å². The molecule has 8 heteroatoms. The topological polar surface area (TPSA) is 70.2 Å². The number of nitrogens with zero attached hydrogens (tertiary/aromatic N) is 3. The minimum atomic E-state index is -3.57.